The van der Waals surface area contributed by atoms with E-state index < -0.39 is 0 Å². The van der Waals surface area contributed by atoms with Gasteiger partial charge in [0.1, 0.15) is 0 Å². The summed E-state index contributed by atoms with van der Waals surface area (Å²) in [6.07, 6.45) is 4.82. The summed E-state index contributed by atoms with van der Waals surface area (Å²) in [5.41, 5.74) is 2.46. The summed E-state index contributed by atoms with van der Waals surface area (Å²) >= 11 is 0. The summed E-state index contributed by atoms with van der Waals surface area (Å²) in [7, 11) is 3.69. The van der Waals surface area contributed by atoms with Crippen molar-refractivity contribution in [3.05, 3.63) is 53.9 Å². The molecule has 2 aromatic rings. The zero-order valence-corrected chi connectivity index (χ0v) is 12.0. The second-order valence-electron chi connectivity index (χ2n) is 4.61. The highest BCUT2D eigenvalue weighted by Gasteiger charge is 2.00. The molecule has 2 rings (SSSR count). The van der Waals surface area contributed by atoms with E-state index >= 15 is 0 Å². The molecule has 106 valence electrons. The fraction of sp³-hybridized carbons (Fsp3) is 0.333. The summed E-state index contributed by atoms with van der Waals surface area (Å²) in [5.74, 6) is 0.810. The van der Waals surface area contributed by atoms with Crippen LogP contribution in [0.15, 0.2) is 47.7 Å². The fourth-order valence-electron chi connectivity index (χ4n) is 1.94. The van der Waals surface area contributed by atoms with Crippen LogP contribution in [-0.4, -0.2) is 29.3 Å². The molecule has 0 aliphatic heterocycles. The van der Waals surface area contributed by atoms with Gasteiger partial charge < -0.3 is 10.6 Å². The molecule has 5 nitrogen and oxygen atoms in total. The molecule has 0 fully saturated rings. The van der Waals surface area contributed by atoms with E-state index in [9.17, 15) is 0 Å². The van der Waals surface area contributed by atoms with Gasteiger partial charge >= 0.3 is 0 Å². The first kappa shape index (κ1) is 14.1. The van der Waals surface area contributed by atoms with E-state index in [2.05, 4.69) is 45.0 Å². The van der Waals surface area contributed by atoms with Crippen molar-refractivity contribution in [2.75, 3.05) is 13.6 Å². The van der Waals surface area contributed by atoms with Crippen LogP contribution in [0.25, 0.3) is 0 Å². The number of nitrogens with zero attached hydrogens (tertiary/aromatic N) is 3. The van der Waals surface area contributed by atoms with E-state index in [1.807, 2.05) is 25.5 Å². The SMILES string of the molecule is CN=C(NCCc1ccccc1)NCc1cnn(C)c1. The predicted octanol–water partition coefficient (Wildman–Crippen LogP) is 1.33. The first-order valence-electron chi connectivity index (χ1n) is 6.74. The van der Waals surface area contributed by atoms with E-state index in [0.29, 0.717) is 0 Å². The lowest BCUT2D eigenvalue weighted by Gasteiger charge is -2.11. The molecule has 0 amide bonds. The van der Waals surface area contributed by atoms with E-state index in [0.717, 1.165) is 31.0 Å². The maximum atomic E-state index is 4.21. The summed E-state index contributed by atoms with van der Waals surface area (Å²) in [6.45, 7) is 1.58. The van der Waals surface area contributed by atoms with Crippen molar-refractivity contribution in [3.63, 3.8) is 0 Å². The van der Waals surface area contributed by atoms with Crippen LogP contribution in [0.2, 0.25) is 0 Å². The largest absolute Gasteiger partial charge is 0.356 e. The van der Waals surface area contributed by atoms with Crippen molar-refractivity contribution in [1.82, 2.24) is 20.4 Å². The van der Waals surface area contributed by atoms with Crippen LogP contribution in [0.3, 0.4) is 0 Å². The van der Waals surface area contributed by atoms with Crippen molar-refractivity contribution >= 4 is 5.96 Å². The number of hydrogen-bond acceptors (Lipinski definition) is 2. The molecule has 0 saturated heterocycles. The maximum absolute atomic E-state index is 4.21. The summed E-state index contributed by atoms with van der Waals surface area (Å²) < 4.78 is 1.79. The first-order valence-corrected chi connectivity index (χ1v) is 6.74. The quantitative estimate of drug-likeness (QED) is 0.637. The Morgan fingerprint density at radius 1 is 1.20 bits per heavy atom. The topological polar surface area (TPSA) is 54.2 Å². The molecular formula is C15H21N5. The Labute approximate surface area is 119 Å². The molecule has 0 atom stereocenters. The number of aromatic nitrogens is 2. The van der Waals surface area contributed by atoms with Crippen LogP contribution in [0, 0.1) is 0 Å². The van der Waals surface area contributed by atoms with Gasteiger partial charge in [0.25, 0.3) is 0 Å². The summed E-state index contributed by atoms with van der Waals surface area (Å²) in [5, 5.41) is 10.7. The average molecular weight is 271 g/mol. The molecule has 1 aromatic heterocycles. The standard InChI is InChI=1S/C15H21N5/c1-16-15(18-10-14-11-19-20(2)12-14)17-9-8-13-6-4-3-5-7-13/h3-7,11-12H,8-10H2,1-2H3,(H2,16,17,18). The van der Waals surface area contributed by atoms with Crippen molar-refractivity contribution in [1.29, 1.82) is 0 Å². The summed E-state index contributed by atoms with van der Waals surface area (Å²) in [4.78, 5) is 4.21. The Bertz CT molecular complexity index is 544. The lowest BCUT2D eigenvalue weighted by molar-refractivity contribution is 0.764. The molecule has 0 unspecified atom stereocenters. The van der Waals surface area contributed by atoms with Crippen molar-refractivity contribution in [2.24, 2.45) is 12.0 Å². The fourth-order valence-corrected chi connectivity index (χ4v) is 1.94. The molecule has 0 bridgehead atoms. The molecule has 0 aliphatic rings. The minimum Gasteiger partial charge on any atom is -0.356 e. The first-order chi connectivity index (χ1) is 9.78. The minimum atomic E-state index is 0.721. The number of aliphatic imine (C=N–C) groups is 1. The van der Waals surface area contributed by atoms with Gasteiger partial charge in [0.05, 0.1) is 6.20 Å². The Kier molecular flexibility index (Phi) is 5.17. The van der Waals surface area contributed by atoms with Gasteiger partial charge in [0.15, 0.2) is 5.96 Å². The Balaban J connectivity index is 1.73. The van der Waals surface area contributed by atoms with E-state index in [4.69, 9.17) is 0 Å². The highest BCUT2D eigenvalue weighted by molar-refractivity contribution is 5.79. The lowest BCUT2D eigenvalue weighted by Crippen LogP contribution is -2.37. The molecule has 0 radical (unpaired) electrons. The molecule has 5 heteroatoms. The van der Waals surface area contributed by atoms with Crippen LogP contribution in [0.4, 0.5) is 0 Å². The van der Waals surface area contributed by atoms with Gasteiger partial charge in [-0.2, -0.15) is 5.10 Å². The molecule has 20 heavy (non-hydrogen) atoms. The van der Waals surface area contributed by atoms with Crippen LogP contribution in [-0.2, 0) is 20.0 Å². The Hall–Kier alpha value is -2.30. The maximum Gasteiger partial charge on any atom is 0.191 e. The number of hydrogen-bond donors (Lipinski definition) is 2. The van der Waals surface area contributed by atoms with Crippen LogP contribution < -0.4 is 10.6 Å². The number of aryl methyl sites for hydroxylation is 1. The Morgan fingerprint density at radius 3 is 2.65 bits per heavy atom. The van der Waals surface area contributed by atoms with Crippen LogP contribution in [0.1, 0.15) is 11.1 Å². The third-order valence-electron chi connectivity index (χ3n) is 2.99. The van der Waals surface area contributed by atoms with Crippen molar-refractivity contribution in [2.45, 2.75) is 13.0 Å². The van der Waals surface area contributed by atoms with Gasteiger partial charge in [-0.1, -0.05) is 30.3 Å². The van der Waals surface area contributed by atoms with Gasteiger partial charge in [-0.15, -0.1) is 0 Å². The average Bonchev–Trinajstić information content (AvgIpc) is 2.89. The monoisotopic (exact) mass is 271 g/mol. The lowest BCUT2D eigenvalue weighted by atomic mass is 10.1. The third kappa shape index (κ3) is 4.42. The molecule has 0 spiro atoms. The Morgan fingerprint density at radius 2 is 2.00 bits per heavy atom. The second kappa shape index (κ2) is 7.33. The zero-order chi connectivity index (χ0) is 14.2. The zero-order valence-electron chi connectivity index (χ0n) is 12.0. The van der Waals surface area contributed by atoms with Crippen LogP contribution >= 0.6 is 0 Å². The highest BCUT2D eigenvalue weighted by atomic mass is 15.2. The second-order valence-corrected chi connectivity index (χ2v) is 4.61. The predicted molar refractivity (Wildman–Crippen MR) is 81.6 cm³/mol. The number of guanidine groups is 1. The molecular weight excluding hydrogens is 250 g/mol. The number of nitrogens with one attached hydrogen (secondary N) is 2. The minimum absolute atomic E-state index is 0.721. The van der Waals surface area contributed by atoms with Gasteiger partial charge in [-0.25, -0.2) is 0 Å². The van der Waals surface area contributed by atoms with Crippen molar-refractivity contribution in [3.8, 4) is 0 Å². The van der Waals surface area contributed by atoms with Gasteiger partial charge in [-0.3, -0.25) is 9.67 Å². The molecule has 1 aromatic carbocycles. The molecule has 1 heterocycles. The number of rotatable bonds is 5. The van der Waals surface area contributed by atoms with E-state index in [1.54, 1.807) is 11.7 Å². The molecule has 0 aliphatic carbocycles. The molecule has 0 saturated carbocycles. The highest BCUT2D eigenvalue weighted by Crippen LogP contribution is 1.98. The van der Waals surface area contributed by atoms with Gasteiger partial charge in [0, 0.05) is 38.9 Å². The third-order valence-corrected chi connectivity index (χ3v) is 2.99. The molecule has 2 N–H and O–H groups in total. The normalized spacial score (nSPS) is 11.4. The van der Waals surface area contributed by atoms with E-state index in [1.165, 1.54) is 5.56 Å². The van der Waals surface area contributed by atoms with Crippen molar-refractivity contribution < 1.29 is 0 Å². The number of benzene rings is 1. The van der Waals surface area contributed by atoms with Gasteiger partial charge in [-0.05, 0) is 12.0 Å². The van der Waals surface area contributed by atoms with Gasteiger partial charge in [0.2, 0.25) is 0 Å². The van der Waals surface area contributed by atoms with E-state index in [-0.39, 0.29) is 0 Å². The summed E-state index contributed by atoms with van der Waals surface area (Å²) in [6, 6.07) is 10.4. The van der Waals surface area contributed by atoms with Crippen LogP contribution in [0.5, 0.6) is 0 Å². The smallest absolute Gasteiger partial charge is 0.191 e.